The number of likely N-dealkylation sites (tertiary alicyclic amines) is 1. The predicted octanol–water partition coefficient (Wildman–Crippen LogP) is 1.88. The lowest BCUT2D eigenvalue weighted by Crippen LogP contribution is -2.50. The molecule has 2 aliphatic heterocycles. The maximum Gasteiger partial charge on any atom is 0.263 e. The second-order valence-electron chi connectivity index (χ2n) is 7.02. The summed E-state index contributed by atoms with van der Waals surface area (Å²) in [6, 6.07) is 0.422. The van der Waals surface area contributed by atoms with Gasteiger partial charge in [0.1, 0.15) is 5.84 Å². The minimum absolute atomic E-state index is 0.00708. The maximum absolute atomic E-state index is 12.5. The molecule has 0 aromatic rings. The van der Waals surface area contributed by atoms with E-state index in [1.807, 2.05) is 4.90 Å². The van der Waals surface area contributed by atoms with Crippen molar-refractivity contribution in [3.05, 3.63) is 0 Å². The molecular weight excluding hydrogens is 294 g/mol. The van der Waals surface area contributed by atoms with Crippen molar-refractivity contribution < 1.29 is 14.4 Å². The molecule has 23 heavy (non-hydrogen) atoms. The van der Waals surface area contributed by atoms with E-state index < -0.39 is 0 Å². The topological polar surface area (TPSA) is 77.2 Å². The molecule has 0 spiro atoms. The minimum Gasteiger partial charge on any atom is -0.384 e. The number of piperidine rings is 1. The molecule has 2 atom stereocenters. The molecule has 0 unspecified atom stereocenters. The summed E-state index contributed by atoms with van der Waals surface area (Å²) >= 11 is 0. The van der Waals surface area contributed by atoms with E-state index in [2.05, 4.69) is 5.16 Å². The fourth-order valence-electron chi connectivity index (χ4n) is 4.25. The lowest BCUT2D eigenvalue weighted by Gasteiger charge is -2.43. The summed E-state index contributed by atoms with van der Waals surface area (Å²) in [6.07, 6.45) is 9.09. The quantitative estimate of drug-likeness (QED) is 0.487. The van der Waals surface area contributed by atoms with Gasteiger partial charge in [-0.3, -0.25) is 4.79 Å². The van der Waals surface area contributed by atoms with Crippen molar-refractivity contribution in [3.63, 3.8) is 0 Å². The molecule has 3 aliphatic rings. The Labute approximate surface area is 138 Å². The molecule has 130 valence electrons. The summed E-state index contributed by atoms with van der Waals surface area (Å²) in [7, 11) is 0. The van der Waals surface area contributed by atoms with Crippen molar-refractivity contribution in [2.75, 3.05) is 26.4 Å². The number of carbonyl (C=O) groups excluding carboxylic acids is 1. The summed E-state index contributed by atoms with van der Waals surface area (Å²) in [5.41, 5.74) is 5.96. The molecule has 0 radical (unpaired) electrons. The first kappa shape index (κ1) is 16.6. The molecule has 1 aliphatic carbocycles. The molecule has 1 amide bonds. The van der Waals surface area contributed by atoms with Crippen molar-refractivity contribution in [1.29, 1.82) is 0 Å². The number of nitrogens with two attached hydrogens (primary N) is 1. The number of rotatable bonds is 4. The summed E-state index contributed by atoms with van der Waals surface area (Å²) in [5.74, 6) is 1.47. The van der Waals surface area contributed by atoms with E-state index in [4.69, 9.17) is 15.3 Å². The molecule has 2 heterocycles. The predicted molar refractivity (Wildman–Crippen MR) is 87.8 cm³/mol. The number of ether oxygens (including phenoxy) is 1. The highest BCUT2D eigenvalue weighted by molar-refractivity contribution is 5.82. The van der Waals surface area contributed by atoms with Crippen LogP contribution in [0.2, 0.25) is 0 Å². The molecule has 2 N–H and O–H groups in total. The van der Waals surface area contributed by atoms with Gasteiger partial charge in [-0.05, 0) is 44.4 Å². The van der Waals surface area contributed by atoms with E-state index in [-0.39, 0.29) is 18.4 Å². The van der Waals surface area contributed by atoms with Crippen LogP contribution in [0.3, 0.4) is 0 Å². The third-order valence-electron chi connectivity index (χ3n) is 5.56. The van der Waals surface area contributed by atoms with Gasteiger partial charge in [0.05, 0.1) is 0 Å². The van der Waals surface area contributed by atoms with Gasteiger partial charge < -0.3 is 20.2 Å². The van der Waals surface area contributed by atoms with Crippen LogP contribution in [0.4, 0.5) is 0 Å². The van der Waals surface area contributed by atoms with Crippen molar-refractivity contribution >= 4 is 11.7 Å². The maximum atomic E-state index is 12.5. The number of nitrogens with zero attached hydrogens (tertiary/aromatic N) is 2. The number of hydrogen-bond acceptors (Lipinski definition) is 4. The van der Waals surface area contributed by atoms with E-state index in [1.54, 1.807) is 0 Å². The Balaban J connectivity index is 1.48. The molecule has 1 saturated carbocycles. The molecule has 6 heteroatoms. The van der Waals surface area contributed by atoms with Gasteiger partial charge in [0.15, 0.2) is 6.61 Å². The summed E-state index contributed by atoms with van der Waals surface area (Å²) < 4.78 is 5.31. The zero-order valence-corrected chi connectivity index (χ0v) is 13.9. The molecule has 3 fully saturated rings. The summed E-state index contributed by atoms with van der Waals surface area (Å²) in [4.78, 5) is 19.8. The number of hydrogen-bond donors (Lipinski definition) is 1. The Bertz CT molecular complexity index is 433. The standard InChI is InChI=1S/C17H29N3O3/c18-17(14-7-10-22-11-8-14)19-23-12-16(21)20-9-3-5-13-4-1-2-6-15(13)20/h13-15H,1-12H2,(H2,18,19)/t13-,15+/m0/s1. The Morgan fingerprint density at radius 3 is 2.70 bits per heavy atom. The fourth-order valence-corrected chi connectivity index (χ4v) is 4.25. The van der Waals surface area contributed by atoms with Crippen molar-refractivity contribution in [2.24, 2.45) is 22.7 Å². The highest BCUT2D eigenvalue weighted by Gasteiger charge is 2.35. The average Bonchev–Trinajstić information content (AvgIpc) is 2.61. The lowest BCUT2D eigenvalue weighted by atomic mass is 9.78. The third kappa shape index (κ3) is 4.16. The van der Waals surface area contributed by atoms with Crippen LogP contribution in [0, 0.1) is 11.8 Å². The Morgan fingerprint density at radius 2 is 1.87 bits per heavy atom. The number of carbonyl (C=O) groups is 1. The van der Waals surface area contributed by atoms with Crippen LogP contribution >= 0.6 is 0 Å². The van der Waals surface area contributed by atoms with Crippen molar-refractivity contribution in [3.8, 4) is 0 Å². The molecule has 2 saturated heterocycles. The first-order chi connectivity index (χ1) is 11.3. The van der Waals surface area contributed by atoms with Crippen LogP contribution in [0.15, 0.2) is 5.16 Å². The van der Waals surface area contributed by atoms with Crippen LogP contribution in [-0.4, -0.2) is 49.0 Å². The van der Waals surface area contributed by atoms with Gasteiger partial charge in [-0.15, -0.1) is 0 Å². The third-order valence-corrected chi connectivity index (χ3v) is 5.56. The monoisotopic (exact) mass is 323 g/mol. The van der Waals surface area contributed by atoms with E-state index >= 15 is 0 Å². The zero-order valence-electron chi connectivity index (χ0n) is 13.9. The highest BCUT2D eigenvalue weighted by atomic mass is 16.6. The van der Waals surface area contributed by atoms with Crippen molar-refractivity contribution in [1.82, 2.24) is 4.90 Å². The van der Waals surface area contributed by atoms with Gasteiger partial charge in [0.2, 0.25) is 0 Å². The Hall–Kier alpha value is -1.30. The summed E-state index contributed by atoms with van der Waals surface area (Å²) in [5, 5.41) is 3.98. The SMILES string of the molecule is N/C(=N/OCC(=O)N1CCC[C@@H]2CCCC[C@H]21)C1CCOCC1. The molecule has 0 bridgehead atoms. The van der Waals surface area contributed by atoms with Crippen LogP contribution in [0.5, 0.6) is 0 Å². The van der Waals surface area contributed by atoms with Gasteiger partial charge in [0, 0.05) is 31.7 Å². The minimum atomic E-state index is 0.00708. The van der Waals surface area contributed by atoms with E-state index in [9.17, 15) is 4.79 Å². The van der Waals surface area contributed by atoms with Gasteiger partial charge in [0.25, 0.3) is 5.91 Å². The molecule has 0 aromatic heterocycles. The Kier molecular flexibility index (Phi) is 5.75. The normalized spacial score (nSPS) is 29.9. The van der Waals surface area contributed by atoms with Gasteiger partial charge in [-0.1, -0.05) is 18.0 Å². The van der Waals surface area contributed by atoms with Crippen molar-refractivity contribution in [2.45, 2.75) is 57.4 Å². The second kappa shape index (κ2) is 7.99. The highest BCUT2D eigenvalue weighted by Crippen LogP contribution is 2.35. The van der Waals surface area contributed by atoms with E-state index in [0.29, 0.717) is 17.8 Å². The first-order valence-electron chi connectivity index (χ1n) is 9.08. The fraction of sp³-hybridized carbons (Fsp3) is 0.882. The van der Waals surface area contributed by atoms with E-state index in [1.165, 1.54) is 25.7 Å². The number of amidine groups is 1. The molecular formula is C17H29N3O3. The smallest absolute Gasteiger partial charge is 0.263 e. The van der Waals surface area contributed by atoms with Crippen LogP contribution in [-0.2, 0) is 14.4 Å². The Morgan fingerprint density at radius 1 is 1.13 bits per heavy atom. The number of amides is 1. The summed E-state index contributed by atoms with van der Waals surface area (Å²) in [6.45, 7) is 2.31. The van der Waals surface area contributed by atoms with Gasteiger partial charge in [-0.25, -0.2) is 0 Å². The lowest BCUT2D eigenvalue weighted by molar-refractivity contribution is -0.142. The molecule has 3 rings (SSSR count). The number of oxime groups is 1. The van der Waals surface area contributed by atoms with E-state index in [0.717, 1.165) is 45.4 Å². The average molecular weight is 323 g/mol. The first-order valence-corrected chi connectivity index (χ1v) is 9.08. The van der Waals surface area contributed by atoms with Gasteiger partial charge >= 0.3 is 0 Å². The molecule has 6 nitrogen and oxygen atoms in total. The number of fused-ring (bicyclic) bond motifs is 1. The second-order valence-corrected chi connectivity index (χ2v) is 7.02. The zero-order chi connectivity index (χ0) is 16.1. The van der Waals surface area contributed by atoms with Crippen LogP contribution in [0.25, 0.3) is 0 Å². The van der Waals surface area contributed by atoms with Crippen LogP contribution < -0.4 is 5.73 Å². The molecule has 0 aromatic carbocycles. The largest absolute Gasteiger partial charge is 0.384 e. The van der Waals surface area contributed by atoms with Gasteiger partial charge in [-0.2, -0.15) is 0 Å². The van der Waals surface area contributed by atoms with Crippen LogP contribution in [0.1, 0.15) is 51.4 Å².